The van der Waals surface area contributed by atoms with Gasteiger partial charge in [0.1, 0.15) is 0 Å². The minimum absolute atomic E-state index is 0.0672. The summed E-state index contributed by atoms with van der Waals surface area (Å²) in [6.45, 7) is 0.997. The van der Waals surface area contributed by atoms with Crippen LogP contribution in [0.1, 0.15) is 19.3 Å². The van der Waals surface area contributed by atoms with E-state index in [2.05, 4.69) is 0 Å². The fraction of sp³-hybridized carbons (Fsp3) is 0.636. The van der Waals surface area contributed by atoms with Crippen molar-refractivity contribution in [3.63, 3.8) is 0 Å². The van der Waals surface area contributed by atoms with Gasteiger partial charge in [-0.05, 0) is 19.3 Å². The van der Waals surface area contributed by atoms with Gasteiger partial charge >= 0.3 is 5.97 Å². The summed E-state index contributed by atoms with van der Waals surface area (Å²) in [5, 5.41) is 8.83. The maximum atomic E-state index is 11.9. The molecular weight excluding hydrogens is 194 g/mol. The highest BCUT2D eigenvalue weighted by Crippen LogP contribution is 2.24. The van der Waals surface area contributed by atoms with E-state index in [-0.39, 0.29) is 17.7 Å². The Morgan fingerprint density at radius 2 is 1.87 bits per heavy atom. The number of carboxylic acids is 1. The van der Waals surface area contributed by atoms with Crippen LogP contribution in [0.3, 0.4) is 0 Å². The predicted molar refractivity (Wildman–Crippen MR) is 54.2 cm³/mol. The minimum atomic E-state index is -0.783. The van der Waals surface area contributed by atoms with E-state index in [1.54, 1.807) is 4.90 Å². The van der Waals surface area contributed by atoms with Crippen LogP contribution in [0.2, 0.25) is 0 Å². The molecule has 0 spiro atoms. The smallest absolute Gasteiger partial charge is 0.308 e. The average molecular weight is 209 g/mol. The fourth-order valence-corrected chi connectivity index (χ4v) is 2.24. The van der Waals surface area contributed by atoms with Gasteiger partial charge in [0, 0.05) is 19.0 Å². The molecule has 1 heterocycles. The summed E-state index contributed by atoms with van der Waals surface area (Å²) in [6, 6.07) is 0. The lowest BCUT2D eigenvalue weighted by molar-refractivity contribution is -0.141. The Morgan fingerprint density at radius 3 is 2.40 bits per heavy atom. The average Bonchev–Trinajstić information content (AvgIpc) is 2.88. The molecule has 1 saturated heterocycles. The fourth-order valence-electron chi connectivity index (χ4n) is 2.24. The Balaban J connectivity index is 1.90. The molecule has 4 nitrogen and oxygen atoms in total. The first-order valence-electron chi connectivity index (χ1n) is 5.35. The van der Waals surface area contributed by atoms with Crippen molar-refractivity contribution >= 4 is 11.9 Å². The Hall–Kier alpha value is -1.32. The van der Waals surface area contributed by atoms with Crippen LogP contribution in [0.25, 0.3) is 0 Å². The molecule has 0 radical (unpaired) electrons. The highest BCUT2D eigenvalue weighted by atomic mass is 16.4. The highest BCUT2D eigenvalue weighted by molar-refractivity contribution is 5.81. The molecule has 0 aromatic heterocycles. The van der Waals surface area contributed by atoms with E-state index in [4.69, 9.17) is 5.11 Å². The van der Waals surface area contributed by atoms with Gasteiger partial charge in [-0.25, -0.2) is 0 Å². The number of likely N-dealkylation sites (tertiary alicyclic amines) is 1. The van der Waals surface area contributed by atoms with E-state index in [9.17, 15) is 9.59 Å². The van der Waals surface area contributed by atoms with Gasteiger partial charge in [0.25, 0.3) is 0 Å². The van der Waals surface area contributed by atoms with Gasteiger partial charge in [-0.1, -0.05) is 12.2 Å². The Kier molecular flexibility index (Phi) is 2.75. The molecule has 0 aromatic rings. The summed E-state index contributed by atoms with van der Waals surface area (Å²) in [4.78, 5) is 24.4. The molecule has 0 saturated carbocycles. The topological polar surface area (TPSA) is 57.6 Å². The number of nitrogens with zero attached hydrogens (tertiary/aromatic N) is 1. The van der Waals surface area contributed by atoms with Gasteiger partial charge in [0.05, 0.1) is 5.92 Å². The summed E-state index contributed by atoms with van der Waals surface area (Å²) in [6.07, 6.45) is 6.27. The van der Waals surface area contributed by atoms with Crippen molar-refractivity contribution in [2.75, 3.05) is 13.1 Å². The molecule has 1 unspecified atom stereocenters. The van der Waals surface area contributed by atoms with Gasteiger partial charge < -0.3 is 10.0 Å². The number of carboxylic acid groups (broad SMARTS) is 1. The van der Waals surface area contributed by atoms with Gasteiger partial charge in [-0.2, -0.15) is 0 Å². The van der Waals surface area contributed by atoms with Crippen molar-refractivity contribution in [2.45, 2.75) is 19.3 Å². The quantitative estimate of drug-likeness (QED) is 0.687. The van der Waals surface area contributed by atoms with Crippen LogP contribution in [-0.4, -0.2) is 35.0 Å². The number of carbonyl (C=O) groups excluding carboxylic acids is 1. The van der Waals surface area contributed by atoms with E-state index >= 15 is 0 Å². The first-order chi connectivity index (χ1) is 7.18. The monoisotopic (exact) mass is 209 g/mol. The van der Waals surface area contributed by atoms with Gasteiger partial charge in [-0.15, -0.1) is 0 Å². The van der Waals surface area contributed by atoms with Crippen LogP contribution in [0.4, 0.5) is 0 Å². The summed E-state index contributed by atoms with van der Waals surface area (Å²) < 4.78 is 0. The zero-order chi connectivity index (χ0) is 10.8. The number of allylic oxidation sites excluding steroid dienone is 2. The molecule has 15 heavy (non-hydrogen) atoms. The van der Waals surface area contributed by atoms with E-state index in [1.165, 1.54) is 0 Å². The summed E-state index contributed by atoms with van der Waals surface area (Å²) >= 11 is 0. The van der Waals surface area contributed by atoms with Crippen molar-refractivity contribution in [1.82, 2.24) is 4.90 Å². The lowest BCUT2D eigenvalue weighted by Gasteiger charge is -2.19. The number of carbonyl (C=O) groups is 2. The number of aliphatic carboxylic acids is 1. The van der Waals surface area contributed by atoms with Gasteiger partial charge in [0.15, 0.2) is 0 Å². The molecule has 1 aliphatic carbocycles. The first-order valence-corrected chi connectivity index (χ1v) is 5.35. The van der Waals surface area contributed by atoms with Crippen molar-refractivity contribution in [2.24, 2.45) is 11.8 Å². The first kappa shape index (κ1) is 10.2. The minimum Gasteiger partial charge on any atom is -0.481 e. The molecule has 2 rings (SSSR count). The molecule has 0 bridgehead atoms. The summed E-state index contributed by atoms with van der Waals surface area (Å²) in [5.41, 5.74) is 0. The van der Waals surface area contributed by atoms with Crippen molar-refractivity contribution in [1.29, 1.82) is 0 Å². The Morgan fingerprint density at radius 1 is 1.20 bits per heavy atom. The molecule has 1 fully saturated rings. The van der Waals surface area contributed by atoms with Crippen LogP contribution in [0, 0.1) is 11.8 Å². The molecule has 1 N–H and O–H groups in total. The second-order valence-electron chi connectivity index (χ2n) is 4.25. The summed E-state index contributed by atoms with van der Waals surface area (Å²) in [7, 11) is 0. The molecule has 1 amide bonds. The molecule has 1 aliphatic heterocycles. The van der Waals surface area contributed by atoms with Gasteiger partial charge in [-0.3, -0.25) is 9.59 Å². The number of hydrogen-bond donors (Lipinski definition) is 1. The standard InChI is InChI=1S/C11H15NO3/c13-10(8-3-1-2-4-8)12-6-5-9(7-12)11(14)15/h1-2,8-9H,3-7H2,(H,14,15). The SMILES string of the molecule is O=C(O)C1CCN(C(=O)C2CC=CC2)C1. The number of hydrogen-bond acceptors (Lipinski definition) is 2. The zero-order valence-corrected chi connectivity index (χ0v) is 8.56. The number of rotatable bonds is 2. The Labute approximate surface area is 88.6 Å². The maximum Gasteiger partial charge on any atom is 0.308 e. The molecule has 4 heteroatoms. The van der Waals surface area contributed by atoms with E-state index in [0.717, 1.165) is 12.8 Å². The third kappa shape index (κ3) is 2.03. The largest absolute Gasteiger partial charge is 0.481 e. The van der Waals surface area contributed by atoms with E-state index < -0.39 is 5.97 Å². The third-order valence-electron chi connectivity index (χ3n) is 3.21. The lowest BCUT2D eigenvalue weighted by atomic mass is 10.1. The van der Waals surface area contributed by atoms with E-state index in [1.807, 2.05) is 12.2 Å². The van der Waals surface area contributed by atoms with Crippen LogP contribution in [-0.2, 0) is 9.59 Å². The van der Waals surface area contributed by atoms with Crippen LogP contribution in [0.15, 0.2) is 12.2 Å². The molecule has 0 aromatic carbocycles. The molecule has 82 valence electrons. The molecule has 1 atom stereocenters. The van der Waals surface area contributed by atoms with Crippen molar-refractivity contribution in [3.05, 3.63) is 12.2 Å². The Bertz CT molecular complexity index is 303. The second-order valence-corrected chi connectivity index (χ2v) is 4.25. The van der Waals surface area contributed by atoms with Gasteiger partial charge in [0.2, 0.25) is 5.91 Å². The molecular formula is C11H15NO3. The van der Waals surface area contributed by atoms with Crippen LogP contribution in [0.5, 0.6) is 0 Å². The third-order valence-corrected chi connectivity index (χ3v) is 3.21. The normalized spacial score (nSPS) is 26.1. The van der Waals surface area contributed by atoms with E-state index in [0.29, 0.717) is 19.5 Å². The second kappa shape index (κ2) is 4.04. The predicted octanol–water partition coefficient (Wildman–Crippen LogP) is 0.886. The summed E-state index contributed by atoms with van der Waals surface area (Å²) in [5.74, 6) is -0.945. The zero-order valence-electron chi connectivity index (χ0n) is 8.56. The number of amides is 1. The maximum absolute atomic E-state index is 11.9. The lowest BCUT2D eigenvalue weighted by Crippen LogP contribution is -2.34. The van der Waals surface area contributed by atoms with Crippen LogP contribution >= 0.6 is 0 Å². The highest BCUT2D eigenvalue weighted by Gasteiger charge is 2.33. The van der Waals surface area contributed by atoms with Crippen LogP contribution < -0.4 is 0 Å². The molecule has 2 aliphatic rings. The van der Waals surface area contributed by atoms with Crippen molar-refractivity contribution < 1.29 is 14.7 Å². The van der Waals surface area contributed by atoms with Crippen molar-refractivity contribution in [3.8, 4) is 0 Å².